The first-order chi connectivity index (χ1) is 8.31. The molecule has 0 aliphatic heterocycles. The van der Waals surface area contributed by atoms with E-state index in [9.17, 15) is 0 Å². The molecule has 2 nitrogen and oxygen atoms in total. The van der Waals surface area contributed by atoms with Gasteiger partial charge in [0.2, 0.25) is 0 Å². The molecule has 4 heteroatoms. The zero-order valence-corrected chi connectivity index (χ0v) is 10.3. The molecule has 0 aliphatic rings. The fraction of sp³-hybridized carbons (Fsp3) is 0. The van der Waals surface area contributed by atoms with Gasteiger partial charge in [0.05, 0.1) is 0 Å². The van der Waals surface area contributed by atoms with Crippen molar-refractivity contribution in [2.75, 3.05) is 0 Å². The minimum absolute atomic E-state index is 0.633. The van der Waals surface area contributed by atoms with Gasteiger partial charge in [0.1, 0.15) is 5.52 Å². The molecule has 0 saturated heterocycles. The molecule has 0 bridgehead atoms. The number of hydrogen-bond acceptors (Lipinski definition) is 3. The molecule has 2 aromatic carbocycles. The van der Waals surface area contributed by atoms with Crippen molar-refractivity contribution >= 4 is 34.5 Å². The van der Waals surface area contributed by atoms with E-state index in [1.165, 1.54) is 11.8 Å². The average Bonchev–Trinajstić information content (AvgIpc) is 2.71. The van der Waals surface area contributed by atoms with E-state index in [2.05, 4.69) is 4.98 Å². The molecule has 84 valence electrons. The van der Waals surface area contributed by atoms with Crippen molar-refractivity contribution in [1.29, 1.82) is 0 Å². The standard InChI is InChI=1S/C13H8ClNOS/c14-9-4-3-5-10(8-9)17-13-15-11-6-1-2-7-12(11)16-13/h1-8H. The number of fused-ring (bicyclic) bond motifs is 1. The Bertz CT molecular complexity index is 632. The summed E-state index contributed by atoms with van der Waals surface area (Å²) in [7, 11) is 0. The lowest BCUT2D eigenvalue weighted by atomic mass is 10.3. The Balaban J connectivity index is 1.94. The summed E-state index contributed by atoms with van der Waals surface area (Å²) >= 11 is 7.39. The van der Waals surface area contributed by atoms with Gasteiger partial charge in [-0.25, -0.2) is 4.98 Å². The number of rotatable bonds is 2. The molecule has 1 heterocycles. The van der Waals surface area contributed by atoms with Gasteiger partial charge in [0.15, 0.2) is 5.58 Å². The van der Waals surface area contributed by atoms with Crippen LogP contribution in [0.3, 0.4) is 0 Å². The van der Waals surface area contributed by atoms with E-state index in [4.69, 9.17) is 16.0 Å². The monoisotopic (exact) mass is 261 g/mol. The maximum Gasteiger partial charge on any atom is 0.261 e. The third-order valence-corrected chi connectivity index (χ3v) is 3.35. The van der Waals surface area contributed by atoms with E-state index in [1.54, 1.807) is 0 Å². The molecule has 0 N–H and O–H groups in total. The van der Waals surface area contributed by atoms with Crippen LogP contribution in [0.4, 0.5) is 0 Å². The topological polar surface area (TPSA) is 26.0 Å². The second-order valence-corrected chi connectivity index (χ2v) is 4.97. The van der Waals surface area contributed by atoms with Gasteiger partial charge in [-0.15, -0.1) is 0 Å². The highest BCUT2D eigenvalue weighted by Crippen LogP contribution is 2.30. The van der Waals surface area contributed by atoms with E-state index in [1.807, 2.05) is 48.5 Å². The lowest BCUT2D eigenvalue weighted by molar-refractivity contribution is 0.489. The fourth-order valence-corrected chi connectivity index (χ4v) is 2.59. The summed E-state index contributed by atoms with van der Waals surface area (Å²) in [6.45, 7) is 0. The molecule has 0 fully saturated rings. The number of para-hydroxylation sites is 2. The summed E-state index contributed by atoms with van der Waals surface area (Å²) < 4.78 is 5.62. The molecule has 3 aromatic rings. The summed E-state index contributed by atoms with van der Waals surface area (Å²) in [4.78, 5) is 5.41. The normalized spacial score (nSPS) is 10.9. The lowest BCUT2D eigenvalue weighted by Gasteiger charge is -1.96. The van der Waals surface area contributed by atoms with Crippen molar-refractivity contribution < 1.29 is 4.42 Å². The maximum atomic E-state index is 5.93. The summed E-state index contributed by atoms with van der Waals surface area (Å²) in [5, 5.41) is 1.35. The molecular formula is C13H8ClNOS. The van der Waals surface area contributed by atoms with Crippen molar-refractivity contribution in [1.82, 2.24) is 4.98 Å². The molecule has 0 amide bonds. The molecule has 3 rings (SSSR count). The van der Waals surface area contributed by atoms with Gasteiger partial charge in [0.25, 0.3) is 5.22 Å². The van der Waals surface area contributed by atoms with Crippen LogP contribution in [0, 0.1) is 0 Å². The summed E-state index contributed by atoms with van der Waals surface area (Å²) in [5.74, 6) is 0. The number of benzene rings is 2. The van der Waals surface area contributed by atoms with Gasteiger partial charge in [-0.05, 0) is 42.1 Å². The highest BCUT2D eigenvalue weighted by Gasteiger charge is 2.06. The maximum absolute atomic E-state index is 5.93. The van der Waals surface area contributed by atoms with Gasteiger partial charge < -0.3 is 4.42 Å². The van der Waals surface area contributed by atoms with Crippen LogP contribution in [0.2, 0.25) is 5.02 Å². The van der Waals surface area contributed by atoms with Crippen LogP contribution in [-0.2, 0) is 0 Å². The molecule has 0 atom stereocenters. The molecule has 0 spiro atoms. The Morgan fingerprint density at radius 2 is 1.94 bits per heavy atom. The number of oxazole rings is 1. The smallest absolute Gasteiger partial charge is 0.261 e. The van der Waals surface area contributed by atoms with Crippen LogP contribution >= 0.6 is 23.4 Å². The molecule has 0 saturated carbocycles. The Labute approximate surface area is 108 Å². The predicted molar refractivity (Wildman–Crippen MR) is 69.6 cm³/mol. The van der Waals surface area contributed by atoms with Crippen LogP contribution < -0.4 is 0 Å². The van der Waals surface area contributed by atoms with Crippen molar-refractivity contribution in [3.05, 3.63) is 53.6 Å². The zero-order chi connectivity index (χ0) is 11.7. The number of nitrogens with zero attached hydrogens (tertiary/aromatic N) is 1. The zero-order valence-electron chi connectivity index (χ0n) is 8.76. The summed E-state index contributed by atoms with van der Waals surface area (Å²) in [6, 6.07) is 15.3. The van der Waals surface area contributed by atoms with E-state index in [-0.39, 0.29) is 0 Å². The van der Waals surface area contributed by atoms with Crippen LogP contribution in [0.1, 0.15) is 0 Å². The Morgan fingerprint density at radius 1 is 1.06 bits per heavy atom. The van der Waals surface area contributed by atoms with Crippen LogP contribution in [-0.4, -0.2) is 4.98 Å². The minimum Gasteiger partial charge on any atom is -0.431 e. The molecule has 1 aromatic heterocycles. The third-order valence-electron chi connectivity index (χ3n) is 2.28. The molecule has 0 radical (unpaired) electrons. The first kappa shape index (κ1) is 10.7. The minimum atomic E-state index is 0.633. The van der Waals surface area contributed by atoms with E-state index < -0.39 is 0 Å². The van der Waals surface area contributed by atoms with Crippen molar-refractivity contribution in [3.63, 3.8) is 0 Å². The molecule has 0 aliphatic carbocycles. The van der Waals surface area contributed by atoms with Crippen molar-refractivity contribution in [2.45, 2.75) is 10.1 Å². The van der Waals surface area contributed by atoms with Gasteiger partial charge in [-0.3, -0.25) is 0 Å². The number of halogens is 1. The third kappa shape index (κ3) is 2.30. The summed E-state index contributed by atoms with van der Waals surface area (Å²) in [6.07, 6.45) is 0. The van der Waals surface area contributed by atoms with Crippen molar-refractivity contribution in [3.8, 4) is 0 Å². The second-order valence-electron chi connectivity index (χ2n) is 3.51. The van der Waals surface area contributed by atoms with Gasteiger partial charge in [-0.1, -0.05) is 29.8 Å². The van der Waals surface area contributed by atoms with Gasteiger partial charge in [0, 0.05) is 9.92 Å². The lowest BCUT2D eigenvalue weighted by Crippen LogP contribution is -1.72. The van der Waals surface area contributed by atoms with Gasteiger partial charge >= 0.3 is 0 Å². The van der Waals surface area contributed by atoms with E-state index >= 15 is 0 Å². The first-order valence-electron chi connectivity index (χ1n) is 5.10. The first-order valence-corrected chi connectivity index (χ1v) is 6.30. The highest BCUT2D eigenvalue weighted by atomic mass is 35.5. The SMILES string of the molecule is Clc1cccc(Sc2nc3ccccc3o2)c1. The Morgan fingerprint density at radius 3 is 2.76 bits per heavy atom. The molecule has 17 heavy (non-hydrogen) atoms. The van der Waals surface area contributed by atoms with Crippen LogP contribution in [0.25, 0.3) is 11.1 Å². The van der Waals surface area contributed by atoms with Crippen molar-refractivity contribution in [2.24, 2.45) is 0 Å². The quantitative estimate of drug-likeness (QED) is 0.673. The summed E-state index contributed by atoms with van der Waals surface area (Å²) in [5.41, 5.74) is 1.68. The average molecular weight is 262 g/mol. The Kier molecular flexibility index (Phi) is 2.79. The largest absolute Gasteiger partial charge is 0.431 e. The molecular weight excluding hydrogens is 254 g/mol. The van der Waals surface area contributed by atoms with Gasteiger partial charge in [-0.2, -0.15) is 0 Å². The van der Waals surface area contributed by atoms with E-state index in [0.29, 0.717) is 10.2 Å². The fourth-order valence-electron chi connectivity index (χ4n) is 1.53. The van der Waals surface area contributed by atoms with E-state index in [0.717, 1.165) is 16.0 Å². The number of aromatic nitrogens is 1. The second kappa shape index (κ2) is 4.43. The van der Waals surface area contributed by atoms with Crippen LogP contribution in [0.5, 0.6) is 0 Å². The van der Waals surface area contributed by atoms with Crippen LogP contribution in [0.15, 0.2) is 63.1 Å². The number of hydrogen-bond donors (Lipinski definition) is 0. The predicted octanol–water partition coefficient (Wildman–Crippen LogP) is 4.63. The Hall–Kier alpha value is -1.45. The molecule has 0 unspecified atom stereocenters. The highest BCUT2D eigenvalue weighted by molar-refractivity contribution is 7.99.